The lowest BCUT2D eigenvalue weighted by molar-refractivity contribution is -0.887. The van der Waals surface area contributed by atoms with Gasteiger partial charge in [-0.3, -0.25) is 9.59 Å². The molecule has 0 saturated carbocycles. The Bertz CT molecular complexity index is 1210. The predicted octanol–water partition coefficient (Wildman–Crippen LogP) is 13.5. The Labute approximate surface area is 368 Å². The van der Waals surface area contributed by atoms with Crippen LogP contribution in [-0.4, -0.2) is 80.6 Å². The lowest BCUT2D eigenvalue weighted by Gasteiger charge is -2.31. The van der Waals surface area contributed by atoms with Crippen LogP contribution in [-0.2, 0) is 28.6 Å². The van der Waals surface area contributed by atoms with E-state index >= 15 is 0 Å². The molecule has 0 bridgehead atoms. The molecule has 0 aromatic carbocycles. The summed E-state index contributed by atoms with van der Waals surface area (Å²) in [5.41, 5.74) is 0. The minimum Gasteiger partial charge on any atom is -0.477 e. The number of nitrogens with zero attached hydrogens (tertiary/aromatic N) is 1. The van der Waals surface area contributed by atoms with E-state index < -0.39 is 18.1 Å². The number of ether oxygens (including phenoxy) is 3. The number of esters is 2. The zero-order valence-corrected chi connectivity index (χ0v) is 39.1. The number of carbonyl (C=O) groups is 3. The van der Waals surface area contributed by atoms with E-state index in [0.717, 1.165) is 89.9 Å². The van der Waals surface area contributed by atoms with E-state index in [-0.39, 0.29) is 36.2 Å². The summed E-state index contributed by atoms with van der Waals surface area (Å²) < 4.78 is 17.3. The second kappa shape index (κ2) is 42.5. The molecule has 60 heavy (non-hydrogen) atoms. The molecule has 0 aliphatic heterocycles. The molecule has 0 aromatic rings. The SMILES string of the molecule is CC/C=C/C/C=C/C/C=C/CCCCCCCCCCCCC(=O)OC(COCCC(C(=O)O)[N+](C)(C)C)COC(=O)CCCCCCCC/C=C/C/C=C/C/C=C/CC. The van der Waals surface area contributed by atoms with Gasteiger partial charge in [-0.15, -0.1) is 0 Å². The van der Waals surface area contributed by atoms with Crippen molar-refractivity contribution in [1.29, 1.82) is 0 Å². The summed E-state index contributed by atoms with van der Waals surface area (Å²) in [5, 5.41) is 9.64. The van der Waals surface area contributed by atoms with Crippen molar-refractivity contribution in [3.05, 3.63) is 72.9 Å². The molecule has 0 aliphatic rings. The minimum atomic E-state index is -0.880. The predicted molar refractivity (Wildman–Crippen MR) is 252 cm³/mol. The molecule has 2 atom stereocenters. The number of allylic oxidation sites excluding steroid dienone is 12. The summed E-state index contributed by atoms with van der Waals surface area (Å²) in [4.78, 5) is 37.1. The van der Waals surface area contributed by atoms with E-state index in [1.54, 1.807) is 0 Å². The highest BCUT2D eigenvalue weighted by molar-refractivity contribution is 5.72. The molecule has 0 spiro atoms. The van der Waals surface area contributed by atoms with Crippen molar-refractivity contribution in [1.82, 2.24) is 0 Å². The van der Waals surface area contributed by atoms with Crippen LogP contribution in [0.4, 0.5) is 0 Å². The Morgan fingerprint density at radius 2 is 0.883 bits per heavy atom. The number of hydrogen-bond donors (Lipinski definition) is 1. The number of unbranched alkanes of at least 4 members (excludes halogenated alkanes) is 16. The third kappa shape index (κ3) is 40.2. The molecule has 0 rings (SSSR count). The molecule has 0 aromatic heterocycles. The van der Waals surface area contributed by atoms with Crippen LogP contribution < -0.4 is 0 Å². The van der Waals surface area contributed by atoms with Gasteiger partial charge >= 0.3 is 17.9 Å². The first-order valence-corrected chi connectivity index (χ1v) is 24.0. The van der Waals surface area contributed by atoms with Gasteiger partial charge in [0.1, 0.15) is 6.61 Å². The van der Waals surface area contributed by atoms with Crippen LogP contribution in [0.3, 0.4) is 0 Å². The number of hydrogen-bond acceptors (Lipinski definition) is 6. The van der Waals surface area contributed by atoms with Gasteiger partial charge < -0.3 is 23.8 Å². The summed E-state index contributed by atoms with van der Waals surface area (Å²) in [5.74, 6) is -1.49. The summed E-state index contributed by atoms with van der Waals surface area (Å²) in [6, 6.07) is -0.620. The fourth-order valence-corrected chi connectivity index (χ4v) is 6.71. The van der Waals surface area contributed by atoms with Crippen LogP contribution >= 0.6 is 0 Å². The van der Waals surface area contributed by atoms with Crippen LogP contribution in [0, 0.1) is 0 Å². The smallest absolute Gasteiger partial charge is 0.362 e. The first kappa shape index (κ1) is 56.8. The number of carboxylic acid groups (broad SMARTS) is 1. The summed E-state index contributed by atoms with van der Waals surface area (Å²) in [7, 11) is 5.52. The lowest BCUT2D eigenvalue weighted by Crippen LogP contribution is -2.50. The Morgan fingerprint density at radius 1 is 0.500 bits per heavy atom. The van der Waals surface area contributed by atoms with Gasteiger partial charge in [-0.1, -0.05) is 164 Å². The maximum absolute atomic E-state index is 12.8. The van der Waals surface area contributed by atoms with Gasteiger partial charge in [0, 0.05) is 19.3 Å². The minimum absolute atomic E-state index is 0.0523. The molecule has 0 fully saturated rings. The number of likely N-dealkylation sites (N-methyl/N-ethyl adjacent to an activating group) is 1. The molecule has 8 nitrogen and oxygen atoms in total. The first-order chi connectivity index (χ1) is 29.1. The average Bonchev–Trinajstić information content (AvgIpc) is 3.21. The first-order valence-electron chi connectivity index (χ1n) is 24.0. The summed E-state index contributed by atoms with van der Waals surface area (Å²) in [6.07, 6.45) is 53.7. The van der Waals surface area contributed by atoms with Crippen molar-refractivity contribution in [2.45, 2.75) is 199 Å². The van der Waals surface area contributed by atoms with E-state index in [9.17, 15) is 19.5 Å². The molecule has 8 heteroatoms. The molecule has 344 valence electrons. The Morgan fingerprint density at radius 3 is 1.30 bits per heavy atom. The lowest BCUT2D eigenvalue weighted by atomic mass is 10.0. The van der Waals surface area contributed by atoms with Gasteiger partial charge in [0.05, 0.1) is 34.4 Å². The van der Waals surface area contributed by atoms with Gasteiger partial charge in [0.2, 0.25) is 0 Å². The topological polar surface area (TPSA) is 99.1 Å². The van der Waals surface area contributed by atoms with E-state index in [1.165, 1.54) is 64.2 Å². The summed E-state index contributed by atoms with van der Waals surface area (Å²) >= 11 is 0. The zero-order chi connectivity index (χ0) is 44.2. The summed E-state index contributed by atoms with van der Waals surface area (Å²) in [6.45, 7) is 4.50. The molecule has 1 N–H and O–H groups in total. The molecule has 2 unspecified atom stereocenters. The maximum Gasteiger partial charge on any atom is 0.362 e. The maximum atomic E-state index is 12.8. The van der Waals surface area contributed by atoms with E-state index in [2.05, 4.69) is 86.8 Å². The third-order valence-corrected chi connectivity index (χ3v) is 10.4. The van der Waals surface area contributed by atoms with Gasteiger partial charge in [0.15, 0.2) is 12.1 Å². The van der Waals surface area contributed by atoms with Gasteiger partial charge in [0.25, 0.3) is 0 Å². The van der Waals surface area contributed by atoms with E-state index in [0.29, 0.717) is 19.3 Å². The van der Waals surface area contributed by atoms with Crippen molar-refractivity contribution in [3.8, 4) is 0 Å². The Balaban J connectivity index is 4.31. The van der Waals surface area contributed by atoms with Crippen LogP contribution in [0.25, 0.3) is 0 Å². The largest absolute Gasteiger partial charge is 0.477 e. The van der Waals surface area contributed by atoms with Gasteiger partial charge in [-0.2, -0.15) is 0 Å². The molecule has 0 radical (unpaired) electrons. The highest BCUT2D eigenvalue weighted by atomic mass is 16.6. The number of carboxylic acids is 1. The third-order valence-electron chi connectivity index (χ3n) is 10.4. The fraction of sp³-hybridized carbons (Fsp3) is 0.712. The van der Waals surface area contributed by atoms with Crippen LogP contribution in [0.5, 0.6) is 0 Å². The molecule has 0 saturated heterocycles. The number of quaternary nitrogens is 1. The highest BCUT2D eigenvalue weighted by Gasteiger charge is 2.31. The van der Waals surface area contributed by atoms with Crippen LogP contribution in [0.2, 0.25) is 0 Å². The molecule has 0 aliphatic carbocycles. The fourth-order valence-electron chi connectivity index (χ4n) is 6.71. The van der Waals surface area contributed by atoms with Crippen molar-refractivity contribution in [3.63, 3.8) is 0 Å². The Hall–Kier alpha value is -3.23. The standard InChI is InChI=1S/C52H89NO7/c1-6-8-10-12-14-16-18-20-22-24-25-26-27-29-31-33-35-37-39-41-43-51(55)60-48(46-58-45-44-49(52(56)57)53(3,4)5)47-59-50(54)42-40-38-36-34-32-30-28-23-21-19-17-15-13-11-9-7-2/h8-11,14-17,20-23,48-49H,6-7,12-13,18-19,24-47H2,1-5H3/p+1/b10-8+,11-9+,16-14+,17-15+,22-20+,23-21+. The molecule has 0 amide bonds. The van der Waals surface area contributed by atoms with E-state index in [1.807, 2.05) is 21.1 Å². The van der Waals surface area contributed by atoms with Crippen LogP contribution in [0.1, 0.15) is 187 Å². The van der Waals surface area contributed by atoms with E-state index in [4.69, 9.17) is 14.2 Å². The van der Waals surface area contributed by atoms with Gasteiger partial charge in [-0.25, -0.2) is 4.79 Å². The van der Waals surface area contributed by atoms with Crippen molar-refractivity contribution in [2.24, 2.45) is 0 Å². The number of rotatable bonds is 42. The quantitative estimate of drug-likeness (QED) is 0.0283. The van der Waals surface area contributed by atoms with Crippen LogP contribution in [0.15, 0.2) is 72.9 Å². The second-order valence-electron chi connectivity index (χ2n) is 17.0. The van der Waals surface area contributed by atoms with Gasteiger partial charge in [-0.05, 0) is 77.0 Å². The zero-order valence-electron chi connectivity index (χ0n) is 39.1. The molecular formula is C52H90NO7+. The molecule has 0 heterocycles. The second-order valence-corrected chi connectivity index (χ2v) is 17.0. The molecular weight excluding hydrogens is 751 g/mol. The van der Waals surface area contributed by atoms with Crippen molar-refractivity contribution in [2.75, 3.05) is 41.0 Å². The van der Waals surface area contributed by atoms with Crippen molar-refractivity contribution < 1.29 is 38.2 Å². The number of carbonyl (C=O) groups excluding carboxylic acids is 2. The van der Waals surface area contributed by atoms with Crippen molar-refractivity contribution >= 4 is 17.9 Å². The monoisotopic (exact) mass is 841 g/mol. The normalized spacial score (nSPS) is 13.6. The average molecular weight is 841 g/mol. The number of aliphatic carboxylic acids is 1. The highest BCUT2D eigenvalue weighted by Crippen LogP contribution is 2.15. The Kier molecular flexibility index (Phi) is 40.2.